The highest BCUT2D eigenvalue weighted by molar-refractivity contribution is 5.80. The van der Waals surface area contributed by atoms with Crippen LogP contribution >= 0.6 is 0 Å². The zero-order valence-electron chi connectivity index (χ0n) is 8.91. The number of nitrogens with two attached hydrogens (primary N) is 1. The Morgan fingerprint density at radius 3 is 2.93 bits per heavy atom. The minimum absolute atomic E-state index is 0.109. The van der Waals surface area contributed by atoms with Crippen LogP contribution in [0, 0.1) is 0 Å². The van der Waals surface area contributed by atoms with E-state index in [9.17, 15) is 4.79 Å². The minimum atomic E-state index is -0.827. The van der Waals surface area contributed by atoms with E-state index in [2.05, 4.69) is 0 Å². The smallest absolute Gasteiger partial charge is 0.325 e. The van der Waals surface area contributed by atoms with Gasteiger partial charge in [-0.1, -0.05) is 0 Å². The summed E-state index contributed by atoms with van der Waals surface area (Å²) in [5, 5.41) is 0. The lowest BCUT2D eigenvalue weighted by Crippen LogP contribution is -2.53. The van der Waals surface area contributed by atoms with Crippen molar-refractivity contribution in [3.63, 3.8) is 0 Å². The van der Waals surface area contributed by atoms with Crippen molar-refractivity contribution < 1.29 is 14.3 Å². The largest absolute Gasteiger partial charge is 0.468 e. The lowest BCUT2D eigenvalue weighted by molar-refractivity contribution is -0.150. The summed E-state index contributed by atoms with van der Waals surface area (Å²) < 4.78 is 10.2. The summed E-state index contributed by atoms with van der Waals surface area (Å²) in [6.07, 6.45) is 3.30. The molecule has 4 heteroatoms. The third kappa shape index (κ3) is 2.45. The van der Waals surface area contributed by atoms with Crippen LogP contribution in [0.3, 0.4) is 0 Å². The molecule has 0 aliphatic heterocycles. The number of hydrogen-bond acceptors (Lipinski definition) is 4. The number of carbonyl (C=O) groups is 1. The van der Waals surface area contributed by atoms with Gasteiger partial charge in [-0.25, -0.2) is 0 Å². The molecule has 2 N–H and O–H groups in total. The standard InChI is InChI=1S/C10H19NO3/c1-3-14-8-5-4-6-10(11,7-8)9(12)13-2/h8H,3-7,11H2,1-2H3. The molecular weight excluding hydrogens is 182 g/mol. The number of ether oxygens (including phenoxy) is 2. The molecule has 82 valence electrons. The summed E-state index contributed by atoms with van der Waals surface area (Å²) in [5.41, 5.74) is 5.15. The average molecular weight is 201 g/mol. The van der Waals surface area contributed by atoms with Crippen molar-refractivity contribution in [2.24, 2.45) is 5.73 Å². The molecule has 1 fully saturated rings. The van der Waals surface area contributed by atoms with E-state index in [0.717, 1.165) is 12.8 Å². The van der Waals surface area contributed by atoms with Gasteiger partial charge in [-0.3, -0.25) is 4.79 Å². The molecule has 0 aromatic rings. The molecule has 1 aliphatic rings. The van der Waals surface area contributed by atoms with Crippen molar-refractivity contribution in [1.82, 2.24) is 0 Å². The fourth-order valence-electron chi connectivity index (χ4n) is 2.02. The van der Waals surface area contributed by atoms with Crippen LogP contribution in [0.4, 0.5) is 0 Å². The number of methoxy groups -OCH3 is 1. The lowest BCUT2D eigenvalue weighted by atomic mass is 9.81. The van der Waals surface area contributed by atoms with Gasteiger partial charge in [0.2, 0.25) is 0 Å². The first-order valence-electron chi connectivity index (χ1n) is 5.11. The van der Waals surface area contributed by atoms with Crippen LogP contribution in [0.15, 0.2) is 0 Å². The van der Waals surface area contributed by atoms with Crippen molar-refractivity contribution in [2.75, 3.05) is 13.7 Å². The van der Waals surface area contributed by atoms with Gasteiger partial charge in [0.1, 0.15) is 5.54 Å². The number of rotatable bonds is 3. The zero-order valence-corrected chi connectivity index (χ0v) is 8.91. The summed E-state index contributed by atoms with van der Waals surface area (Å²) in [4.78, 5) is 11.4. The van der Waals surface area contributed by atoms with E-state index in [0.29, 0.717) is 19.4 Å². The summed E-state index contributed by atoms with van der Waals surface area (Å²) in [5.74, 6) is -0.318. The predicted octanol–water partition coefficient (Wildman–Crippen LogP) is 0.836. The molecule has 4 nitrogen and oxygen atoms in total. The Hall–Kier alpha value is -0.610. The Morgan fingerprint density at radius 1 is 1.64 bits per heavy atom. The summed E-state index contributed by atoms with van der Waals surface area (Å²) in [6, 6.07) is 0. The molecule has 0 saturated heterocycles. The van der Waals surface area contributed by atoms with Gasteiger partial charge in [0.25, 0.3) is 0 Å². The molecule has 0 amide bonds. The Morgan fingerprint density at radius 2 is 2.36 bits per heavy atom. The maximum absolute atomic E-state index is 11.4. The molecule has 1 saturated carbocycles. The number of esters is 1. The molecule has 0 heterocycles. The Balaban J connectivity index is 2.57. The van der Waals surface area contributed by atoms with E-state index in [-0.39, 0.29) is 12.1 Å². The number of carbonyl (C=O) groups excluding carboxylic acids is 1. The van der Waals surface area contributed by atoms with E-state index in [4.69, 9.17) is 15.2 Å². The first-order valence-corrected chi connectivity index (χ1v) is 5.11. The van der Waals surface area contributed by atoms with Crippen LogP contribution in [-0.2, 0) is 14.3 Å². The first-order chi connectivity index (χ1) is 6.62. The third-order valence-electron chi connectivity index (χ3n) is 2.74. The molecule has 2 atom stereocenters. The van der Waals surface area contributed by atoms with Gasteiger partial charge in [0, 0.05) is 13.0 Å². The second kappa shape index (κ2) is 4.75. The van der Waals surface area contributed by atoms with Crippen molar-refractivity contribution >= 4 is 5.97 Å². The van der Waals surface area contributed by atoms with E-state index in [1.165, 1.54) is 7.11 Å². The molecular formula is C10H19NO3. The molecule has 0 aromatic carbocycles. The zero-order chi connectivity index (χ0) is 10.6. The monoisotopic (exact) mass is 201 g/mol. The van der Waals surface area contributed by atoms with Crippen LogP contribution in [0.2, 0.25) is 0 Å². The van der Waals surface area contributed by atoms with Crippen LogP contribution in [0.1, 0.15) is 32.6 Å². The highest BCUT2D eigenvalue weighted by Crippen LogP contribution is 2.29. The molecule has 0 aromatic heterocycles. The van der Waals surface area contributed by atoms with Crippen LogP contribution < -0.4 is 5.73 Å². The molecule has 14 heavy (non-hydrogen) atoms. The highest BCUT2D eigenvalue weighted by atomic mass is 16.5. The van der Waals surface area contributed by atoms with Crippen LogP contribution in [0.25, 0.3) is 0 Å². The fourth-order valence-corrected chi connectivity index (χ4v) is 2.02. The lowest BCUT2D eigenvalue weighted by Gasteiger charge is -2.35. The van der Waals surface area contributed by atoms with E-state index in [1.54, 1.807) is 0 Å². The maximum atomic E-state index is 11.4. The molecule has 2 unspecified atom stereocenters. The molecule has 1 aliphatic carbocycles. The van der Waals surface area contributed by atoms with Gasteiger partial charge in [-0.15, -0.1) is 0 Å². The van der Waals surface area contributed by atoms with Gasteiger partial charge in [-0.2, -0.15) is 0 Å². The van der Waals surface area contributed by atoms with Crippen molar-refractivity contribution in [2.45, 2.75) is 44.2 Å². The van der Waals surface area contributed by atoms with Gasteiger partial charge >= 0.3 is 5.97 Å². The van der Waals surface area contributed by atoms with Crippen molar-refractivity contribution in [1.29, 1.82) is 0 Å². The van der Waals surface area contributed by atoms with Crippen LogP contribution in [0.5, 0.6) is 0 Å². The van der Waals surface area contributed by atoms with E-state index >= 15 is 0 Å². The second-order valence-electron chi connectivity index (χ2n) is 3.82. The van der Waals surface area contributed by atoms with Gasteiger partial charge in [-0.05, 0) is 26.2 Å². The third-order valence-corrected chi connectivity index (χ3v) is 2.74. The highest BCUT2D eigenvalue weighted by Gasteiger charge is 2.40. The SMILES string of the molecule is CCOC1CCCC(N)(C(=O)OC)C1. The summed E-state index contributed by atoms with van der Waals surface area (Å²) >= 11 is 0. The molecule has 0 spiro atoms. The van der Waals surface area contributed by atoms with Crippen LogP contribution in [-0.4, -0.2) is 31.3 Å². The van der Waals surface area contributed by atoms with Gasteiger partial charge in [0.05, 0.1) is 13.2 Å². The summed E-state index contributed by atoms with van der Waals surface area (Å²) in [6.45, 7) is 2.62. The fraction of sp³-hybridized carbons (Fsp3) is 0.900. The number of hydrogen-bond donors (Lipinski definition) is 1. The molecule has 1 rings (SSSR count). The van der Waals surface area contributed by atoms with Gasteiger partial charge in [0.15, 0.2) is 0 Å². The maximum Gasteiger partial charge on any atom is 0.325 e. The minimum Gasteiger partial charge on any atom is -0.468 e. The topological polar surface area (TPSA) is 61.5 Å². The Kier molecular flexibility index (Phi) is 3.89. The van der Waals surface area contributed by atoms with Gasteiger partial charge < -0.3 is 15.2 Å². The first kappa shape index (κ1) is 11.5. The van der Waals surface area contributed by atoms with E-state index < -0.39 is 5.54 Å². The Bertz CT molecular complexity index is 206. The molecule has 0 radical (unpaired) electrons. The summed E-state index contributed by atoms with van der Waals surface area (Å²) in [7, 11) is 1.38. The average Bonchev–Trinajstić information content (AvgIpc) is 2.17. The van der Waals surface area contributed by atoms with E-state index in [1.807, 2.05) is 6.92 Å². The normalized spacial score (nSPS) is 32.6. The molecule has 0 bridgehead atoms. The Labute approximate surface area is 84.7 Å². The second-order valence-corrected chi connectivity index (χ2v) is 3.82. The van der Waals surface area contributed by atoms with Crippen molar-refractivity contribution in [3.8, 4) is 0 Å². The quantitative estimate of drug-likeness (QED) is 0.687. The predicted molar refractivity (Wildman–Crippen MR) is 52.8 cm³/mol. The van der Waals surface area contributed by atoms with Crippen molar-refractivity contribution in [3.05, 3.63) is 0 Å².